The maximum atomic E-state index is 13.0. The first-order valence-corrected chi connectivity index (χ1v) is 10.2. The fraction of sp³-hybridized carbons (Fsp3) is 0.0833. The van der Waals surface area contributed by atoms with Gasteiger partial charge in [0.05, 0.1) is 23.7 Å². The zero-order valence-corrected chi connectivity index (χ0v) is 17.8. The van der Waals surface area contributed by atoms with Crippen molar-refractivity contribution in [2.45, 2.75) is 6.18 Å². The zero-order valence-electron chi connectivity index (χ0n) is 17.8. The topological polar surface area (TPSA) is 77.1 Å². The van der Waals surface area contributed by atoms with Crippen LogP contribution in [0.2, 0.25) is 0 Å². The van der Waals surface area contributed by atoms with E-state index in [4.69, 9.17) is 0 Å². The van der Waals surface area contributed by atoms with E-state index >= 15 is 0 Å². The van der Waals surface area contributed by atoms with Crippen molar-refractivity contribution in [1.82, 2.24) is 24.4 Å². The molecule has 0 aliphatic heterocycles. The van der Waals surface area contributed by atoms with Gasteiger partial charge in [-0.2, -0.15) is 23.4 Å². The number of halogens is 3. The summed E-state index contributed by atoms with van der Waals surface area (Å²) in [4.78, 5) is 17.1. The van der Waals surface area contributed by atoms with E-state index in [1.54, 1.807) is 52.1 Å². The molecule has 0 bridgehead atoms. The van der Waals surface area contributed by atoms with Gasteiger partial charge in [-0.05, 0) is 36.4 Å². The fourth-order valence-corrected chi connectivity index (χ4v) is 3.67. The summed E-state index contributed by atoms with van der Waals surface area (Å²) in [6.45, 7) is 0. The minimum atomic E-state index is -4.53. The number of nitrogens with one attached hydrogen (secondary N) is 1. The highest BCUT2D eigenvalue weighted by atomic mass is 19.4. The molecule has 170 valence electrons. The molecule has 3 heterocycles. The van der Waals surface area contributed by atoms with Gasteiger partial charge in [0.1, 0.15) is 0 Å². The number of amides is 1. The largest absolute Gasteiger partial charge is 0.416 e. The maximum Gasteiger partial charge on any atom is 0.416 e. The molecule has 0 fully saturated rings. The van der Waals surface area contributed by atoms with E-state index in [1.165, 1.54) is 12.1 Å². The minimum Gasteiger partial charge on any atom is -0.322 e. The number of anilines is 1. The van der Waals surface area contributed by atoms with Crippen LogP contribution in [0, 0.1) is 0 Å². The van der Waals surface area contributed by atoms with E-state index in [1.807, 2.05) is 19.3 Å². The van der Waals surface area contributed by atoms with Gasteiger partial charge >= 0.3 is 6.18 Å². The summed E-state index contributed by atoms with van der Waals surface area (Å²) < 4.78 is 42.3. The standard InChI is InChI=1S/C24H17F3N6O/c1-32-14-17(12-29-32)20-13-30-33-21(8-9-28-22(20)33)15-4-3-7-19(11-15)31-23(34)16-5-2-6-18(10-16)24(25,26)27/h2-14H,1H3,(H,31,34). The molecule has 0 unspecified atom stereocenters. The van der Waals surface area contributed by atoms with Crippen LogP contribution < -0.4 is 5.32 Å². The summed E-state index contributed by atoms with van der Waals surface area (Å²) in [5.74, 6) is -0.638. The normalized spacial score (nSPS) is 11.6. The van der Waals surface area contributed by atoms with Gasteiger partial charge in [0.2, 0.25) is 0 Å². The number of carbonyl (C=O) groups is 1. The molecule has 3 aromatic heterocycles. The van der Waals surface area contributed by atoms with Gasteiger partial charge in [0.25, 0.3) is 5.91 Å². The summed E-state index contributed by atoms with van der Waals surface area (Å²) >= 11 is 0. The second kappa shape index (κ2) is 8.14. The van der Waals surface area contributed by atoms with E-state index in [0.717, 1.165) is 34.5 Å². The summed E-state index contributed by atoms with van der Waals surface area (Å²) in [6, 6.07) is 13.1. The molecule has 0 radical (unpaired) electrons. The van der Waals surface area contributed by atoms with Crippen molar-refractivity contribution in [1.29, 1.82) is 0 Å². The van der Waals surface area contributed by atoms with Crippen molar-refractivity contribution in [3.05, 3.63) is 90.5 Å². The Morgan fingerprint density at radius 3 is 2.56 bits per heavy atom. The molecule has 1 amide bonds. The summed E-state index contributed by atoms with van der Waals surface area (Å²) in [7, 11) is 1.83. The number of carbonyl (C=O) groups excluding carboxylic acids is 1. The highest BCUT2D eigenvalue weighted by Gasteiger charge is 2.30. The minimum absolute atomic E-state index is 0.0836. The van der Waals surface area contributed by atoms with Crippen molar-refractivity contribution < 1.29 is 18.0 Å². The predicted molar refractivity (Wildman–Crippen MR) is 120 cm³/mol. The number of benzene rings is 2. The van der Waals surface area contributed by atoms with Crippen LogP contribution in [0.25, 0.3) is 28.0 Å². The molecule has 0 aliphatic carbocycles. The average Bonchev–Trinajstić information content (AvgIpc) is 3.44. The Hall–Kier alpha value is -4.47. The Kier molecular flexibility index (Phi) is 5.12. The lowest BCUT2D eigenvalue weighted by Gasteiger charge is -2.11. The van der Waals surface area contributed by atoms with Crippen LogP contribution in [0.15, 0.2) is 79.4 Å². The maximum absolute atomic E-state index is 13.0. The van der Waals surface area contributed by atoms with Crippen molar-refractivity contribution >= 4 is 17.2 Å². The molecular formula is C24H17F3N6O. The molecule has 0 saturated heterocycles. The van der Waals surface area contributed by atoms with Crippen LogP contribution in [0.3, 0.4) is 0 Å². The third kappa shape index (κ3) is 4.01. The van der Waals surface area contributed by atoms with Gasteiger partial charge in [0.15, 0.2) is 5.65 Å². The van der Waals surface area contributed by atoms with Gasteiger partial charge in [-0.1, -0.05) is 18.2 Å². The molecule has 0 atom stereocenters. The zero-order chi connectivity index (χ0) is 23.9. The molecule has 5 aromatic rings. The van der Waals surface area contributed by atoms with E-state index in [9.17, 15) is 18.0 Å². The quantitative estimate of drug-likeness (QED) is 0.405. The molecule has 2 aromatic carbocycles. The van der Waals surface area contributed by atoms with Crippen LogP contribution >= 0.6 is 0 Å². The Labute approximate surface area is 191 Å². The number of hydrogen-bond acceptors (Lipinski definition) is 4. The average molecular weight is 462 g/mol. The molecule has 5 rings (SSSR count). The van der Waals surface area contributed by atoms with E-state index in [-0.39, 0.29) is 5.56 Å². The molecular weight excluding hydrogens is 445 g/mol. The lowest BCUT2D eigenvalue weighted by molar-refractivity contribution is -0.137. The molecule has 0 saturated carbocycles. The van der Waals surface area contributed by atoms with Crippen LogP contribution in [0.4, 0.5) is 18.9 Å². The lowest BCUT2D eigenvalue weighted by Crippen LogP contribution is -2.14. The third-order valence-corrected chi connectivity index (χ3v) is 5.29. The first-order chi connectivity index (χ1) is 16.3. The number of hydrogen-bond donors (Lipinski definition) is 1. The molecule has 0 aliphatic rings. The number of aromatic nitrogens is 5. The van der Waals surface area contributed by atoms with Gasteiger partial charge < -0.3 is 5.32 Å². The first-order valence-electron chi connectivity index (χ1n) is 10.2. The van der Waals surface area contributed by atoms with Crippen molar-refractivity contribution in [2.75, 3.05) is 5.32 Å². The molecule has 7 nitrogen and oxygen atoms in total. The summed E-state index contributed by atoms with van der Waals surface area (Å²) in [6.07, 6.45) is 2.45. The SMILES string of the molecule is Cn1cc(-c2cnn3c(-c4cccc(NC(=O)c5cccc(C(F)(F)F)c5)c4)ccnc23)cn1. The van der Waals surface area contributed by atoms with Gasteiger partial charge in [0, 0.05) is 47.4 Å². The van der Waals surface area contributed by atoms with Gasteiger partial charge in [-0.15, -0.1) is 0 Å². The predicted octanol–water partition coefficient (Wildman–Crippen LogP) is 5.07. The highest BCUT2D eigenvalue weighted by molar-refractivity contribution is 6.04. The number of fused-ring (bicyclic) bond motifs is 1. The number of rotatable bonds is 4. The van der Waals surface area contributed by atoms with Gasteiger partial charge in [-0.3, -0.25) is 9.48 Å². The first kappa shape index (κ1) is 21.4. The van der Waals surface area contributed by atoms with Crippen molar-refractivity contribution in [2.24, 2.45) is 7.05 Å². The van der Waals surface area contributed by atoms with Crippen LogP contribution in [0.5, 0.6) is 0 Å². The summed E-state index contributed by atoms with van der Waals surface area (Å²) in [5.41, 5.74) is 3.29. The third-order valence-electron chi connectivity index (χ3n) is 5.29. The number of alkyl halides is 3. The Morgan fingerprint density at radius 2 is 1.79 bits per heavy atom. The summed E-state index contributed by atoms with van der Waals surface area (Å²) in [5, 5.41) is 11.3. The van der Waals surface area contributed by atoms with E-state index in [2.05, 4.69) is 20.5 Å². The molecule has 34 heavy (non-hydrogen) atoms. The fourth-order valence-electron chi connectivity index (χ4n) is 3.67. The van der Waals surface area contributed by atoms with Crippen molar-refractivity contribution in [3.63, 3.8) is 0 Å². The highest BCUT2D eigenvalue weighted by Crippen LogP contribution is 2.30. The molecule has 1 N–H and O–H groups in total. The number of nitrogens with zero attached hydrogens (tertiary/aromatic N) is 5. The van der Waals surface area contributed by atoms with Crippen LogP contribution in [-0.2, 0) is 13.2 Å². The second-order valence-corrected chi connectivity index (χ2v) is 7.64. The van der Waals surface area contributed by atoms with Crippen LogP contribution in [-0.4, -0.2) is 30.3 Å². The van der Waals surface area contributed by atoms with E-state index < -0.39 is 17.6 Å². The lowest BCUT2D eigenvalue weighted by atomic mass is 10.1. The monoisotopic (exact) mass is 462 g/mol. The smallest absolute Gasteiger partial charge is 0.322 e. The van der Waals surface area contributed by atoms with Gasteiger partial charge in [-0.25, -0.2) is 9.50 Å². The number of aryl methyl sites for hydroxylation is 1. The van der Waals surface area contributed by atoms with Crippen molar-refractivity contribution in [3.8, 4) is 22.4 Å². The Morgan fingerprint density at radius 1 is 0.971 bits per heavy atom. The molecule has 10 heteroatoms. The molecule has 0 spiro atoms. The second-order valence-electron chi connectivity index (χ2n) is 7.64. The van der Waals surface area contributed by atoms with Crippen LogP contribution in [0.1, 0.15) is 15.9 Å². The van der Waals surface area contributed by atoms with E-state index in [0.29, 0.717) is 11.3 Å². The Bertz CT molecular complexity index is 1520. The Balaban J connectivity index is 1.46.